The summed E-state index contributed by atoms with van der Waals surface area (Å²) in [6.07, 6.45) is 0. The van der Waals surface area contributed by atoms with Crippen LogP contribution in [0.25, 0.3) is 0 Å². The van der Waals surface area contributed by atoms with E-state index in [1.807, 2.05) is 48.5 Å². The third kappa shape index (κ3) is 11.3. The molecular formula is C45H56N12O8. The maximum Gasteiger partial charge on any atom is 0.269 e. The summed E-state index contributed by atoms with van der Waals surface area (Å²) in [5.41, 5.74) is 4.03. The first-order valence-electron chi connectivity index (χ1n) is 22.3. The molecule has 65 heavy (non-hydrogen) atoms. The molecule has 20 heteroatoms. The van der Waals surface area contributed by atoms with Crippen molar-refractivity contribution in [1.29, 1.82) is 0 Å². The van der Waals surface area contributed by atoms with E-state index in [2.05, 4.69) is 39.2 Å². The van der Waals surface area contributed by atoms with Gasteiger partial charge in [0, 0.05) is 208 Å². The highest BCUT2D eigenvalue weighted by molar-refractivity contribution is 5.54. The lowest BCUT2D eigenvalue weighted by molar-refractivity contribution is -0.385. The zero-order chi connectivity index (χ0) is 45.5. The molecular weight excluding hydrogens is 837 g/mol. The number of nitrogens with zero attached hydrogens (tertiary/aromatic N) is 12. The minimum Gasteiger partial charge on any atom is -0.369 e. The van der Waals surface area contributed by atoms with Gasteiger partial charge in [-0.15, -0.1) is 0 Å². The summed E-state index contributed by atoms with van der Waals surface area (Å²) in [7, 11) is 0. The lowest BCUT2D eigenvalue weighted by atomic mass is 9.83. The van der Waals surface area contributed by atoms with E-state index in [0.717, 1.165) is 154 Å². The number of rotatable bonds is 16. The molecule has 0 N–H and O–H groups in total. The number of anilines is 4. The molecule has 0 aliphatic carbocycles. The first-order valence-corrected chi connectivity index (χ1v) is 22.3. The van der Waals surface area contributed by atoms with Crippen molar-refractivity contribution < 1.29 is 19.7 Å². The molecule has 0 spiro atoms. The normalized spacial score (nSPS) is 18.5. The van der Waals surface area contributed by atoms with Gasteiger partial charge in [0.15, 0.2) is 0 Å². The van der Waals surface area contributed by atoms with Gasteiger partial charge in [0.25, 0.3) is 22.7 Å². The van der Waals surface area contributed by atoms with Crippen LogP contribution in [0.1, 0.15) is 0 Å². The molecule has 4 saturated heterocycles. The topological polar surface area (TPSA) is 198 Å². The van der Waals surface area contributed by atoms with Gasteiger partial charge in [-0.1, -0.05) is 0 Å². The summed E-state index contributed by atoms with van der Waals surface area (Å²) in [5, 5.41) is 45.3. The number of hydrogen-bond donors (Lipinski definition) is 0. The van der Waals surface area contributed by atoms with Crippen molar-refractivity contribution >= 4 is 45.5 Å². The second kappa shape index (κ2) is 20.1. The van der Waals surface area contributed by atoms with Crippen LogP contribution < -0.4 is 19.6 Å². The van der Waals surface area contributed by atoms with Crippen LogP contribution in [0.15, 0.2) is 97.1 Å². The summed E-state index contributed by atoms with van der Waals surface area (Å²) in [6, 6.07) is 27.2. The van der Waals surface area contributed by atoms with Crippen LogP contribution in [-0.4, -0.2) is 170 Å². The standard InChI is InChI=1S/C45H56N12O8/c58-54(59)41-9-1-37(2-10-41)50-25-17-46(18-26-50)33-45(34-47-19-27-51(28-20-47)38-3-11-42(12-4-38)55(60)61,35-48-21-29-52(30-22-48)39-5-13-43(14-6-39)56(62)63)36-49-23-31-53(32-24-49)40-7-15-44(16-8-40)57(64)65/h1-16H,17-36H2. The summed E-state index contributed by atoms with van der Waals surface area (Å²) in [6.45, 7) is 16.6. The summed E-state index contributed by atoms with van der Waals surface area (Å²) >= 11 is 0. The minimum atomic E-state index is -0.373. The van der Waals surface area contributed by atoms with Gasteiger partial charge < -0.3 is 19.6 Å². The molecule has 4 heterocycles. The number of benzene rings is 4. The SMILES string of the molecule is O=[N+]([O-])c1ccc(N2CCN(CC(CN3CCN(c4ccc([N+](=O)[O-])cc4)CC3)(CN3CCN(c4ccc([N+](=O)[O-])cc4)CC3)CN3CCN(c4ccc([N+](=O)[O-])cc4)CC3)CC2)cc1. The Labute approximate surface area is 377 Å². The predicted octanol–water partition coefficient (Wildman–Crippen LogP) is 4.89. The van der Waals surface area contributed by atoms with Crippen molar-refractivity contribution in [1.82, 2.24) is 19.6 Å². The molecule has 4 aromatic rings. The van der Waals surface area contributed by atoms with Gasteiger partial charge in [-0.05, 0) is 48.5 Å². The first-order chi connectivity index (χ1) is 31.4. The Morgan fingerprint density at radius 2 is 0.477 bits per heavy atom. The van der Waals surface area contributed by atoms with Gasteiger partial charge >= 0.3 is 0 Å². The Bertz CT molecular complexity index is 1930. The molecule has 4 aliphatic rings. The second-order valence-corrected chi connectivity index (χ2v) is 17.6. The van der Waals surface area contributed by atoms with E-state index >= 15 is 0 Å². The van der Waals surface area contributed by atoms with Crippen LogP contribution in [0.5, 0.6) is 0 Å². The van der Waals surface area contributed by atoms with E-state index in [-0.39, 0.29) is 47.9 Å². The highest BCUT2D eigenvalue weighted by Gasteiger charge is 2.41. The average molecular weight is 893 g/mol. The molecule has 0 bridgehead atoms. The Morgan fingerprint density at radius 1 is 0.308 bits per heavy atom. The van der Waals surface area contributed by atoms with E-state index in [4.69, 9.17) is 0 Å². The lowest BCUT2D eigenvalue weighted by Crippen LogP contribution is -2.63. The fourth-order valence-corrected chi connectivity index (χ4v) is 9.99. The van der Waals surface area contributed by atoms with Crippen LogP contribution in [0.2, 0.25) is 0 Å². The van der Waals surface area contributed by atoms with Crippen molar-refractivity contribution in [2.75, 3.05) is 150 Å². The molecule has 4 aliphatic heterocycles. The molecule has 8 rings (SSSR count). The fraction of sp³-hybridized carbons (Fsp3) is 0.467. The van der Waals surface area contributed by atoms with Crippen LogP contribution >= 0.6 is 0 Å². The molecule has 4 fully saturated rings. The van der Waals surface area contributed by atoms with Crippen molar-refractivity contribution in [2.24, 2.45) is 5.41 Å². The van der Waals surface area contributed by atoms with Crippen LogP contribution in [0.4, 0.5) is 45.5 Å². The van der Waals surface area contributed by atoms with Crippen LogP contribution in [-0.2, 0) is 0 Å². The minimum absolute atomic E-state index is 0.0768. The van der Waals surface area contributed by atoms with E-state index in [1.165, 1.54) is 0 Å². The highest BCUT2D eigenvalue weighted by Crippen LogP contribution is 2.31. The summed E-state index contributed by atoms with van der Waals surface area (Å²) < 4.78 is 0. The third-order valence-electron chi connectivity index (χ3n) is 13.4. The predicted molar refractivity (Wildman–Crippen MR) is 249 cm³/mol. The van der Waals surface area contributed by atoms with Gasteiger partial charge in [-0.2, -0.15) is 0 Å². The first kappa shape index (κ1) is 45.1. The monoisotopic (exact) mass is 892 g/mol. The maximum atomic E-state index is 11.3. The molecule has 20 nitrogen and oxygen atoms in total. The fourth-order valence-electron chi connectivity index (χ4n) is 9.99. The second-order valence-electron chi connectivity index (χ2n) is 17.6. The summed E-state index contributed by atoms with van der Waals surface area (Å²) in [4.78, 5) is 63.4. The molecule has 344 valence electrons. The number of hydrogen-bond acceptors (Lipinski definition) is 16. The molecule has 0 atom stereocenters. The Balaban J connectivity index is 1.01. The number of nitro benzene ring substituents is 4. The lowest BCUT2D eigenvalue weighted by Gasteiger charge is -2.51. The van der Waals surface area contributed by atoms with E-state index in [9.17, 15) is 40.5 Å². The Kier molecular flexibility index (Phi) is 14.0. The van der Waals surface area contributed by atoms with Crippen molar-refractivity contribution in [2.45, 2.75) is 0 Å². The molecule has 0 saturated carbocycles. The number of nitro groups is 4. The quantitative estimate of drug-likeness (QED) is 0.109. The molecule has 0 unspecified atom stereocenters. The summed E-state index contributed by atoms with van der Waals surface area (Å²) in [5.74, 6) is 0. The average Bonchev–Trinajstić information content (AvgIpc) is 3.32. The van der Waals surface area contributed by atoms with E-state index in [1.54, 1.807) is 48.5 Å². The van der Waals surface area contributed by atoms with Crippen LogP contribution in [0.3, 0.4) is 0 Å². The van der Waals surface area contributed by atoms with Crippen molar-refractivity contribution in [3.8, 4) is 0 Å². The Morgan fingerprint density at radius 3 is 0.631 bits per heavy atom. The third-order valence-corrected chi connectivity index (χ3v) is 13.4. The van der Waals surface area contributed by atoms with Gasteiger partial charge in [0.2, 0.25) is 0 Å². The van der Waals surface area contributed by atoms with Gasteiger partial charge in [0.1, 0.15) is 0 Å². The van der Waals surface area contributed by atoms with Gasteiger partial charge in [-0.25, -0.2) is 0 Å². The molecule has 4 aromatic carbocycles. The van der Waals surface area contributed by atoms with Crippen molar-refractivity contribution in [3.05, 3.63) is 138 Å². The largest absolute Gasteiger partial charge is 0.369 e. The number of non-ortho nitro benzene ring substituents is 4. The smallest absolute Gasteiger partial charge is 0.269 e. The van der Waals surface area contributed by atoms with Gasteiger partial charge in [-0.3, -0.25) is 60.1 Å². The van der Waals surface area contributed by atoms with Gasteiger partial charge in [0.05, 0.1) is 19.7 Å². The number of piperazine rings is 4. The Hall–Kier alpha value is -6.48. The molecule has 0 radical (unpaired) electrons. The molecule has 0 aromatic heterocycles. The van der Waals surface area contributed by atoms with E-state index in [0.29, 0.717) is 0 Å². The van der Waals surface area contributed by atoms with Crippen molar-refractivity contribution in [3.63, 3.8) is 0 Å². The van der Waals surface area contributed by atoms with Crippen LogP contribution in [0, 0.1) is 45.9 Å². The highest BCUT2D eigenvalue weighted by atomic mass is 16.6. The molecule has 0 amide bonds. The zero-order valence-corrected chi connectivity index (χ0v) is 36.5. The zero-order valence-electron chi connectivity index (χ0n) is 36.5. The maximum absolute atomic E-state index is 11.3. The van der Waals surface area contributed by atoms with E-state index < -0.39 is 0 Å².